The van der Waals surface area contributed by atoms with Crippen molar-refractivity contribution < 1.29 is 14.6 Å². The molecule has 1 N–H and O–H groups in total. The highest BCUT2D eigenvalue weighted by Crippen LogP contribution is 2.33. The normalized spacial score (nSPS) is 33.2. The predicted octanol–water partition coefficient (Wildman–Crippen LogP) is 1.59. The zero-order chi connectivity index (χ0) is 10.4. The van der Waals surface area contributed by atoms with Crippen LogP contribution in [-0.2, 0) is 9.47 Å². The minimum atomic E-state index is -0.591. The van der Waals surface area contributed by atoms with Crippen LogP contribution in [0.2, 0.25) is 0 Å². The molecule has 0 aliphatic heterocycles. The van der Waals surface area contributed by atoms with Crippen LogP contribution in [0.5, 0.6) is 0 Å². The van der Waals surface area contributed by atoms with E-state index in [-0.39, 0.29) is 0 Å². The van der Waals surface area contributed by atoms with Gasteiger partial charge in [0.1, 0.15) is 0 Å². The Labute approximate surface area is 86.4 Å². The maximum absolute atomic E-state index is 10.3. The van der Waals surface area contributed by atoms with Crippen molar-refractivity contribution in [3.63, 3.8) is 0 Å². The Bertz CT molecular complexity index is 161. The summed E-state index contributed by atoms with van der Waals surface area (Å²) >= 11 is 0. The van der Waals surface area contributed by atoms with E-state index in [1.165, 1.54) is 6.42 Å². The highest BCUT2D eigenvalue weighted by atomic mass is 16.5. The number of aliphatic hydroxyl groups is 1. The van der Waals surface area contributed by atoms with Gasteiger partial charge in [0.25, 0.3) is 0 Å². The standard InChI is InChI=1S/C11H22O3/c1-10-5-3-4-6-11(10,12)9-14-8-7-13-2/h10,12H,3-9H2,1-2H3/t10-,11?/m0/s1. The summed E-state index contributed by atoms with van der Waals surface area (Å²) in [5.41, 5.74) is -0.591. The Hall–Kier alpha value is -0.120. The maximum Gasteiger partial charge on any atom is 0.0905 e. The maximum atomic E-state index is 10.3. The second kappa shape index (κ2) is 5.69. The Morgan fingerprint density at radius 3 is 2.79 bits per heavy atom. The lowest BCUT2D eigenvalue weighted by Crippen LogP contribution is -2.43. The van der Waals surface area contributed by atoms with E-state index < -0.39 is 5.60 Å². The van der Waals surface area contributed by atoms with Crippen molar-refractivity contribution in [2.75, 3.05) is 26.9 Å². The Kier molecular flexibility index (Phi) is 4.85. The van der Waals surface area contributed by atoms with Crippen LogP contribution in [0.3, 0.4) is 0 Å². The smallest absolute Gasteiger partial charge is 0.0905 e. The van der Waals surface area contributed by atoms with E-state index in [1.54, 1.807) is 7.11 Å². The summed E-state index contributed by atoms with van der Waals surface area (Å²) < 4.78 is 10.3. The Morgan fingerprint density at radius 1 is 1.36 bits per heavy atom. The SMILES string of the molecule is COCCOCC1(O)CCCC[C@@H]1C. The predicted molar refractivity (Wildman–Crippen MR) is 55.3 cm³/mol. The molecule has 0 amide bonds. The average Bonchev–Trinajstić information content (AvgIpc) is 2.18. The molecule has 84 valence electrons. The molecule has 3 heteroatoms. The Balaban J connectivity index is 2.25. The third-order valence-corrected chi connectivity index (χ3v) is 3.20. The van der Waals surface area contributed by atoms with Gasteiger partial charge in [0, 0.05) is 7.11 Å². The first-order valence-electron chi connectivity index (χ1n) is 5.48. The van der Waals surface area contributed by atoms with Gasteiger partial charge in [-0.05, 0) is 18.8 Å². The van der Waals surface area contributed by atoms with Crippen LogP contribution in [0, 0.1) is 5.92 Å². The minimum absolute atomic E-state index is 0.360. The van der Waals surface area contributed by atoms with Crippen molar-refractivity contribution in [2.45, 2.75) is 38.2 Å². The molecule has 14 heavy (non-hydrogen) atoms. The molecule has 0 aromatic rings. The van der Waals surface area contributed by atoms with Crippen molar-refractivity contribution in [3.8, 4) is 0 Å². The van der Waals surface area contributed by atoms with Gasteiger partial charge in [-0.2, -0.15) is 0 Å². The van der Waals surface area contributed by atoms with E-state index in [9.17, 15) is 5.11 Å². The topological polar surface area (TPSA) is 38.7 Å². The first kappa shape index (κ1) is 12.0. The summed E-state index contributed by atoms with van der Waals surface area (Å²) in [5, 5.41) is 10.3. The molecule has 1 saturated carbocycles. The number of ether oxygens (including phenoxy) is 2. The van der Waals surface area contributed by atoms with E-state index >= 15 is 0 Å². The highest BCUT2D eigenvalue weighted by Gasteiger charge is 2.35. The average molecular weight is 202 g/mol. The number of hydrogen-bond acceptors (Lipinski definition) is 3. The molecule has 1 aliphatic rings. The molecule has 1 fully saturated rings. The van der Waals surface area contributed by atoms with Crippen LogP contribution in [0.15, 0.2) is 0 Å². The van der Waals surface area contributed by atoms with Crippen molar-refractivity contribution in [1.29, 1.82) is 0 Å². The fourth-order valence-electron chi connectivity index (χ4n) is 2.00. The van der Waals surface area contributed by atoms with Crippen molar-refractivity contribution >= 4 is 0 Å². The third-order valence-electron chi connectivity index (χ3n) is 3.20. The molecule has 1 aliphatic carbocycles. The zero-order valence-electron chi connectivity index (χ0n) is 9.29. The van der Waals surface area contributed by atoms with Crippen LogP contribution >= 0.6 is 0 Å². The van der Waals surface area contributed by atoms with Gasteiger partial charge in [-0.1, -0.05) is 19.8 Å². The van der Waals surface area contributed by atoms with Gasteiger partial charge >= 0.3 is 0 Å². The second-order valence-electron chi connectivity index (χ2n) is 4.30. The fraction of sp³-hybridized carbons (Fsp3) is 1.00. The Morgan fingerprint density at radius 2 is 2.14 bits per heavy atom. The summed E-state index contributed by atoms with van der Waals surface area (Å²) in [7, 11) is 1.65. The van der Waals surface area contributed by atoms with Crippen LogP contribution in [0.1, 0.15) is 32.6 Å². The summed E-state index contributed by atoms with van der Waals surface area (Å²) in [6, 6.07) is 0. The van der Waals surface area contributed by atoms with E-state index in [4.69, 9.17) is 9.47 Å². The van der Waals surface area contributed by atoms with Crippen molar-refractivity contribution in [1.82, 2.24) is 0 Å². The number of methoxy groups -OCH3 is 1. The first-order valence-corrected chi connectivity index (χ1v) is 5.48. The van der Waals surface area contributed by atoms with Crippen LogP contribution in [0.4, 0.5) is 0 Å². The first-order chi connectivity index (χ1) is 6.69. The van der Waals surface area contributed by atoms with Gasteiger partial charge in [-0.3, -0.25) is 0 Å². The molecule has 0 spiro atoms. The van der Waals surface area contributed by atoms with Gasteiger partial charge in [-0.25, -0.2) is 0 Å². The van der Waals surface area contributed by atoms with Crippen molar-refractivity contribution in [2.24, 2.45) is 5.92 Å². The quantitative estimate of drug-likeness (QED) is 0.688. The molecule has 0 saturated heterocycles. The van der Waals surface area contributed by atoms with Gasteiger partial charge in [-0.15, -0.1) is 0 Å². The van der Waals surface area contributed by atoms with Crippen molar-refractivity contribution in [3.05, 3.63) is 0 Å². The molecular weight excluding hydrogens is 180 g/mol. The lowest BCUT2D eigenvalue weighted by Gasteiger charge is -2.37. The summed E-state index contributed by atoms with van der Waals surface area (Å²) in [6.07, 6.45) is 4.35. The molecule has 3 nitrogen and oxygen atoms in total. The van der Waals surface area contributed by atoms with Gasteiger partial charge in [0.05, 0.1) is 25.4 Å². The largest absolute Gasteiger partial charge is 0.387 e. The molecule has 0 radical (unpaired) electrons. The molecule has 1 rings (SSSR count). The molecule has 0 aromatic heterocycles. The third kappa shape index (κ3) is 3.23. The molecule has 2 atom stereocenters. The van der Waals surface area contributed by atoms with E-state index in [1.807, 2.05) is 0 Å². The van der Waals surface area contributed by atoms with E-state index in [0.29, 0.717) is 25.7 Å². The van der Waals surface area contributed by atoms with Gasteiger partial charge in [0.2, 0.25) is 0 Å². The fourth-order valence-corrected chi connectivity index (χ4v) is 2.00. The van der Waals surface area contributed by atoms with E-state index in [0.717, 1.165) is 19.3 Å². The number of hydrogen-bond donors (Lipinski definition) is 1. The molecular formula is C11H22O3. The van der Waals surface area contributed by atoms with E-state index in [2.05, 4.69) is 6.92 Å². The van der Waals surface area contributed by atoms with Crippen LogP contribution in [0.25, 0.3) is 0 Å². The lowest BCUT2D eigenvalue weighted by molar-refractivity contribution is -0.104. The second-order valence-corrected chi connectivity index (χ2v) is 4.30. The highest BCUT2D eigenvalue weighted by molar-refractivity contribution is 4.87. The molecule has 0 heterocycles. The summed E-state index contributed by atoms with van der Waals surface area (Å²) in [5.74, 6) is 0.360. The van der Waals surface area contributed by atoms with Gasteiger partial charge in [0.15, 0.2) is 0 Å². The van der Waals surface area contributed by atoms with Crippen LogP contribution < -0.4 is 0 Å². The minimum Gasteiger partial charge on any atom is -0.387 e. The van der Waals surface area contributed by atoms with Gasteiger partial charge < -0.3 is 14.6 Å². The summed E-state index contributed by atoms with van der Waals surface area (Å²) in [4.78, 5) is 0. The lowest BCUT2D eigenvalue weighted by atomic mass is 9.77. The number of rotatable bonds is 5. The molecule has 0 bridgehead atoms. The molecule has 1 unspecified atom stereocenters. The monoisotopic (exact) mass is 202 g/mol. The molecule has 0 aromatic carbocycles. The van der Waals surface area contributed by atoms with Crippen LogP contribution in [-0.4, -0.2) is 37.6 Å². The zero-order valence-corrected chi connectivity index (χ0v) is 9.29. The summed E-state index contributed by atoms with van der Waals surface area (Å²) in [6.45, 7) is 3.74.